The van der Waals surface area contributed by atoms with Crippen LogP contribution in [0.25, 0.3) is 77.2 Å². The number of para-hydroxylation sites is 2. The number of nitrogens with zero attached hydrogens (tertiary/aromatic N) is 2. The fourth-order valence-corrected chi connectivity index (χ4v) is 7.14. The molecule has 0 radical (unpaired) electrons. The standard InChI is InChI=1S/C45H28N2O2/c1-3-11-29(12-4-1)31-21-25-37-39(27-31)35-15-7-8-17-38(35)44-43(37)46-45(49-44)30-19-22-33(23-20-30)47(32-13-5-2-6-14-32)34-24-26-42-40(28-34)36-16-9-10-18-41(36)48-42/h1-28H. The Morgan fingerprint density at radius 2 is 1.00 bits per heavy atom. The molecule has 0 aliphatic carbocycles. The lowest BCUT2D eigenvalue weighted by molar-refractivity contribution is 0.623. The fraction of sp³-hybridized carbons (Fsp3) is 0. The Bertz CT molecular complexity index is 2820. The minimum absolute atomic E-state index is 0.601. The fourth-order valence-electron chi connectivity index (χ4n) is 7.14. The van der Waals surface area contributed by atoms with Crippen molar-refractivity contribution in [3.8, 4) is 22.6 Å². The quantitative estimate of drug-likeness (QED) is 0.178. The molecule has 0 aliphatic heterocycles. The van der Waals surface area contributed by atoms with Gasteiger partial charge in [-0.1, -0.05) is 103 Å². The van der Waals surface area contributed by atoms with Gasteiger partial charge in [0.1, 0.15) is 16.7 Å². The van der Waals surface area contributed by atoms with Gasteiger partial charge in [-0.05, 0) is 88.6 Å². The third kappa shape index (κ3) is 4.49. The van der Waals surface area contributed by atoms with Crippen molar-refractivity contribution in [2.24, 2.45) is 0 Å². The van der Waals surface area contributed by atoms with Crippen LogP contribution in [0.4, 0.5) is 17.1 Å². The largest absolute Gasteiger partial charge is 0.456 e. The lowest BCUT2D eigenvalue weighted by Gasteiger charge is -2.25. The van der Waals surface area contributed by atoms with Crippen LogP contribution in [0.15, 0.2) is 179 Å². The first-order chi connectivity index (χ1) is 24.3. The molecule has 4 heteroatoms. The van der Waals surface area contributed by atoms with E-state index in [1.165, 1.54) is 16.5 Å². The van der Waals surface area contributed by atoms with Crippen molar-refractivity contribution in [2.45, 2.75) is 0 Å². The molecule has 0 saturated heterocycles. The summed E-state index contributed by atoms with van der Waals surface area (Å²) in [6, 6.07) is 59.1. The summed E-state index contributed by atoms with van der Waals surface area (Å²) in [5.41, 5.74) is 9.88. The number of hydrogen-bond acceptors (Lipinski definition) is 4. The molecular formula is C45H28N2O2. The minimum Gasteiger partial charge on any atom is -0.456 e. The monoisotopic (exact) mass is 628 g/mol. The van der Waals surface area contributed by atoms with Crippen molar-refractivity contribution in [3.05, 3.63) is 170 Å². The molecule has 2 aromatic heterocycles. The van der Waals surface area contributed by atoms with Crippen LogP contribution in [0.3, 0.4) is 0 Å². The van der Waals surface area contributed by atoms with Gasteiger partial charge in [0, 0.05) is 44.2 Å². The van der Waals surface area contributed by atoms with Crippen molar-refractivity contribution in [2.75, 3.05) is 4.90 Å². The van der Waals surface area contributed by atoms with E-state index in [1.807, 2.05) is 24.3 Å². The molecule has 2 heterocycles. The number of rotatable bonds is 5. The van der Waals surface area contributed by atoms with Gasteiger partial charge in [-0.3, -0.25) is 0 Å². The topological polar surface area (TPSA) is 42.4 Å². The van der Waals surface area contributed by atoms with Gasteiger partial charge in [0.2, 0.25) is 5.89 Å². The Balaban J connectivity index is 1.09. The first kappa shape index (κ1) is 27.5. The van der Waals surface area contributed by atoms with Crippen molar-refractivity contribution in [1.82, 2.24) is 4.98 Å². The zero-order chi connectivity index (χ0) is 32.3. The maximum absolute atomic E-state index is 6.61. The molecule has 0 bridgehead atoms. The number of furan rings is 1. The highest BCUT2D eigenvalue weighted by Gasteiger charge is 2.19. The molecule has 0 aliphatic rings. The molecule has 10 aromatic rings. The van der Waals surface area contributed by atoms with Crippen LogP contribution >= 0.6 is 0 Å². The average Bonchev–Trinajstić information content (AvgIpc) is 3.79. The molecule has 0 fully saturated rings. The van der Waals surface area contributed by atoms with Gasteiger partial charge < -0.3 is 13.7 Å². The SMILES string of the molecule is c1ccc(-c2ccc3c(c2)c2ccccc2c2oc(-c4ccc(N(c5ccccc5)c5ccc6oc7ccccc7c6c5)cc4)nc32)cc1. The van der Waals surface area contributed by atoms with Gasteiger partial charge in [0.05, 0.1) is 0 Å². The van der Waals surface area contributed by atoms with Gasteiger partial charge in [-0.15, -0.1) is 0 Å². The second-order valence-corrected chi connectivity index (χ2v) is 12.4. The second kappa shape index (κ2) is 11.0. The van der Waals surface area contributed by atoms with Crippen LogP contribution in [-0.2, 0) is 0 Å². The highest BCUT2D eigenvalue weighted by molar-refractivity contribution is 6.23. The van der Waals surface area contributed by atoms with Crippen LogP contribution in [0.5, 0.6) is 0 Å². The van der Waals surface area contributed by atoms with Crippen LogP contribution < -0.4 is 4.90 Å². The van der Waals surface area contributed by atoms with Crippen LogP contribution in [-0.4, -0.2) is 4.98 Å². The summed E-state index contributed by atoms with van der Waals surface area (Å²) in [5, 5.41) is 6.66. The Labute approximate surface area is 282 Å². The van der Waals surface area contributed by atoms with Crippen LogP contribution in [0.1, 0.15) is 0 Å². The highest BCUT2D eigenvalue weighted by Crippen LogP contribution is 2.41. The third-order valence-electron chi connectivity index (χ3n) is 9.48. The van der Waals surface area contributed by atoms with E-state index in [9.17, 15) is 0 Å². The van der Waals surface area contributed by atoms with Crippen LogP contribution in [0, 0.1) is 0 Å². The smallest absolute Gasteiger partial charge is 0.227 e. The first-order valence-electron chi connectivity index (χ1n) is 16.5. The molecule has 4 nitrogen and oxygen atoms in total. The number of aromatic nitrogens is 1. The zero-order valence-corrected chi connectivity index (χ0v) is 26.4. The van der Waals surface area contributed by atoms with Crippen molar-refractivity contribution >= 4 is 71.6 Å². The molecule has 0 N–H and O–H groups in total. The Kier molecular flexibility index (Phi) is 6.15. The summed E-state index contributed by atoms with van der Waals surface area (Å²) >= 11 is 0. The normalized spacial score (nSPS) is 11.7. The summed E-state index contributed by atoms with van der Waals surface area (Å²) in [5.74, 6) is 0.601. The molecule has 0 atom stereocenters. The van der Waals surface area contributed by atoms with Crippen molar-refractivity contribution in [3.63, 3.8) is 0 Å². The molecule has 10 rings (SSSR count). The number of hydrogen-bond donors (Lipinski definition) is 0. The summed E-state index contributed by atoms with van der Waals surface area (Å²) in [4.78, 5) is 7.39. The summed E-state index contributed by atoms with van der Waals surface area (Å²) in [6.45, 7) is 0. The number of fused-ring (bicyclic) bond motifs is 9. The third-order valence-corrected chi connectivity index (χ3v) is 9.48. The minimum atomic E-state index is 0.601. The number of anilines is 3. The van der Waals surface area contributed by atoms with E-state index < -0.39 is 0 Å². The average molecular weight is 629 g/mol. The van der Waals surface area contributed by atoms with Gasteiger partial charge in [0.25, 0.3) is 0 Å². The molecular weight excluding hydrogens is 601 g/mol. The van der Waals surface area contributed by atoms with Crippen LogP contribution in [0.2, 0.25) is 0 Å². The zero-order valence-electron chi connectivity index (χ0n) is 26.4. The van der Waals surface area contributed by atoms with E-state index in [1.54, 1.807) is 0 Å². The van der Waals surface area contributed by atoms with E-state index in [-0.39, 0.29) is 0 Å². The molecule has 8 aromatic carbocycles. The second-order valence-electron chi connectivity index (χ2n) is 12.4. The molecule has 0 saturated carbocycles. The Morgan fingerprint density at radius 3 is 1.82 bits per heavy atom. The lowest BCUT2D eigenvalue weighted by atomic mass is 9.96. The molecule has 0 unspecified atom stereocenters. The van der Waals surface area contributed by atoms with E-state index in [0.717, 1.165) is 71.8 Å². The van der Waals surface area contributed by atoms with Crippen molar-refractivity contribution < 1.29 is 8.83 Å². The summed E-state index contributed by atoms with van der Waals surface area (Å²) < 4.78 is 12.7. The van der Waals surface area contributed by atoms with Gasteiger partial charge in [-0.2, -0.15) is 0 Å². The summed E-state index contributed by atoms with van der Waals surface area (Å²) in [7, 11) is 0. The summed E-state index contributed by atoms with van der Waals surface area (Å²) in [6.07, 6.45) is 0. The maximum atomic E-state index is 6.61. The molecule has 230 valence electrons. The first-order valence-corrected chi connectivity index (χ1v) is 16.5. The Hall–Kier alpha value is -6.65. The van der Waals surface area contributed by atoms with E-state index in [2.05, 4.69) is 150 Å². The molecule has 0 spiro atoms. The number of oxazole rings is 1. The molecule has 0 amide bonds. The predicted octanol–water partition coefficient (Wildman–Crippen LogP) is 12.8. The van der Waals surface area contributed by atoms with Gasteiger partial charge >= 0.3 is 0 Å². The Morgan fingerprint density at radius 1 is 0.367 bits per heavy atom. The predicted molar refractivity (Wildman–Crippen MR) is 202 cm³/mol. The number of benzene rings is 8. The maximum Gasteiger partial charge on any atom is 0.227 e. The van der Waals surface area contributed by atoms with Gasteiger partial charge in [0.15, 0.2) is 5.58 Å². The van der Waals surface area contributed by atoms with Crippen molar-refractivity contribution in [1.29, 1.82) is 0 Å². The van der Waals surface area contributed by atoms with E-state index in [0.29, 0.717) is 5.89 Å². The van der Waals surface area contributed by atoms with Gasteiger partial charge in [-0.25, -0.2) is 4.98 Å². The molecule has 49 heavy (non-hydrogen) atoms. The lowest BCUT2D eigenvalue weighted by Crippen LogP contribution is -2.09. The van der Waals surface area contributed by atoms with E-state index in [4.69, 9.17) is 13.8 Å². The highest BCUT2D eigenvalue weighted by atomic mass is 16.3. The van der Waals surface area contributed by atoms with E-state index >= 15 is 0 Å².